The lowest BCUT2D eigenvalue weighted by atomic mass is 9.96. The Balaban J connectivity index is 1.75. The molecular formula is C23H18Cl2N2O. The van der Waals surface area contributed by atoms with Crippen LogP contribution in [0.3, 0.4) is 0 Å². The van der Waals surface area contributed by atoms with Gasteiger partial charge < -0.3 is 0 Å². The molecule has 0 aromatic heterocycles. The van der Waals surface area contributed by atoms with E-state index in [0.29, 0.717) is 22.3 Å². The molecule has 1 amide bonds. The summed E-state index contributed by atoms with van der Waals surface area (Å²) in [5.41, 5.74) is 4.10. The van der Waals surface area contributed by atoms with Gasteiger partial charge in [-0.15, -0.1) is 0 Å². The molecule has 5 heteroatoms. The molecule has 1 aliphatic heterocycles. The fourth-order valence-electron chi connectivity index (χ4n) is 3.54. The molecule has 3 aromatic rings. The normalized spacial score (nSPS) is 16.4. The minimum Gasteiger partial charge on any atom is -0.288 e. The van der Waals surface area contributed by atoms with Crippen LogP contribution in [0.5, 0.6) is 0 Å². The van der Waals surface area contributed by atoms with Crippen molar-refractivity contribution in [1.82, 2.24) is 0 Å². The number of rotatable bonds is 4. The molecular weight excluding hydrogens is 391 g/mol. The Morgan fingerprint density at radius 2 is 1.57 bits per heavy atom. The van der Waals surface area contributed by atoms with Crippen molar-refractivity contribution in [2.24, 2.45) is 4.99 Å². The van der Waals surface area contributed by atoms with Gasteiger partial charge in [-0.25, -0.2) is 0 Å². The summed E-state index contributed by atoms with van der Waals surface area (Å²) in [7, 11) is 0. The van der Waals surface area contributed by atoms with Crippen LogP contribution in [0.15, 0.2) is 77.8 Å². The van der Waals surface area contributed by atoms with Gasteiger partial charge in [0.05, 0.1) is 28.0 Å². The van der Waals surface area contributed by atoms with Crippen molar-refractivity contribution >= 4 is 46.2 Å². The SMILES string of the molecule is CC(=NCc1ccccc1)C1C(=O)N(c2c(Cl)cccc2Cl)c2ccccc21. The van der Waals surface area contributed by atoms with E-state index in [1.165, 1.54) is 0 Å². The molecule has 0 aliphatic carbocycles. The summed E-state index contributed by atoms with van der Waals surface area (Å²) in [5, 5.41) is 0.880. The lowest BCUT2D eigenvalue weighted by molar-refractivity contribution is -0.117. The second-order valence-electron chi connectivity index (χ2n) is 6.68. The fourth-order valence-corrected chi connectivity index (χ4v) is 4.11. The van der Waals surface area contributed by atoms with Crippen molar-refractivity contribution < 1.29 is 4.79 Å². The molecule has 0 radical (unpaired) electrons. The van der Waals surface area contributed by atoms with Gasteiger partial charge in [0, 0.05) is 5.71 Å². The zero-order chi connectivity index (χ0) is 19.7. The number of amides is 1. The topological polar surface area (TPSA) is 32.7 Å². The number of benzene rings is 3. The molecule has 3 aromatic carbocycles. The highest BCUT2D eigenvalue weighted by molar-refractivity contribution is 6.41. The Morgan fingerprint density at radius 3 is 2.29 bits per heavy atom. The van der Waals surface area contributed by atoms with Crippen LogP contribution >= 0.6 is 23.2 Å². The molecule has 0 spiro atoms. The highest BCUT2D eigenvalue weighted by Crippen LogP contribution is 2.47. The summed E-state index contributed by atoms with van der Waals surface area (Å²) < 4.78 is 0. The predicted octanol–water partition coefficient (Wildman–Crippen LogP) is 6.42. The molecule has 28 heavy (non-hydrogen) atoms. The molecule has 0 fully saturated rings. The Kier molecular flexibility index (Phi) is 5.21. The Bertz CT molecular complexity index is 1040. The van der Waals surface area contributed by atoms with Crippen LogP contribution in [0.25, 0.3) is 0 Å². The molecule has 0 N–H and O–H groups in total. The van der Waals surface area contributed by atoms with E-state index in [4.69, 9.17) is 28.2 Å². The molecule has 4 rings (SSSR count). The summed E-state index contributed by atoms with van der Waals surface area (Å²) >= 11 is 12.8. The van der Waals surface area contributed by atoms with Gasteiger partial charge >= 0.3 is 0 Å². The maximum absolute atomic E-state index is 13.4. The number of hydrogen-bond donors (Lipinski definition) is 0. The van der Waals surface area contributed by atoms with Crippen molar-refractivity contribution in [3.63, 3.8) is 0 Å². The average Bonchev–Trinajstić information content (AvgIpc) is 2.99. The van der Waals surface area contributed by atoms with Gasteiger partial charge in [-0.1, -0.05) is 77.8 Å². The highest BCUT2D eigenvalue weighted by atomic mass is 35.5. The molecule has 1 atom stereocenters. The van der Waals surface area contributed by atoms with Gasteiger partial charge in [0.2, 0.25) is 5.91 Å². The number of nitrogens with zero attached hydrogens (tertiary/aromatic N) is 2. The molecule has 1 unspecified atom stereocenters. The summed E-state index contributed by atoms with van der Waals surface area (Å²) in [4.78, 5) is 19.8. The zero-order valence-electron chi connectivity index (χ0n) is 15.3. The van der Waals surface area contributed by atoms with Gasteiger partial charge in [-0.3, -0.25) is 14.7 Å². The van der Waals surface area contributed by atoms with Crippen LogP contribution in [0.4, 0.5) is 11.4 Å². The van der Waals surface area contributed by atoms with Crippen LogP contribution < -0.4 is 4.90 Å². The first-order valence-electron chi connectivity index (χ1n) is 8.99. The predicted molar refractivity (Wildman–Crippen MR) is 116 cm³/mol. The number of hydrogen-bond acceptors (Lipinski definition) is 2. The lowest BCUT2D eigenvalue weighted by Gasteiger charge is -2.21. The van der Waals surface area contributed by atoms with Crippen LogP contribution in [0.2, 0.25) is 10.0 Å². The minimum absolute atomic E-state index is 0.0921. The van der Waals surface area contributed by atoms with E-state index in [9.17, 15) is 4.79 Å². The van der Waals surface area contributed by atoms with Crippen molar-refractivity contribution in [2.75, 3.05) is 4.90 Å². The van der Waals surface area contributed by atoms with E-state index in [2.05, 4.69) is 0 Å². The van der Waals surface area contributed by atoms with Crippen molar-refractivity contribution in [3.8, 4) is 0 Å². The van der Waals surface area contributed by atoms with Gasteiger partial charge in [0.1, 0.15) is 5.92 Å². The van der Waals surface area contributed by atoms with Gasteiger partial charge in [0.25, 0.3) is 0 Å². The first-order chi connectivity index (χ1) is 13.6. The molecule has 1 aliphatic rings. The number of anilines is 2. The van der Waals surface area contributed by atoms with Crippen molar-refractivity contribution in [2.45, 2.75) is 19.4 Å². The van der Waals surface area contributed by atoms with E-state index in [1.807, 2.05) is 61.5 Å². The highest BCUT2D eigenvalue weighted by Gasteiger charge is 2.40. The van der Waals surface area contributed by atoms with E-state index in [0.717, 1.165) is 22.5 Å². The number of carbonyl (C=O) groups is 1. The third kappa shape index (κ3) is 3.32. The van der Waals surface area contributed by atoms with E-state index in [1.54, 1.807) is 23.1 Å². The smallest absolute Gasteiger partial charge is 0.244 e. The summed E-state index contributed by atoms with van der Waals surface area (Å²) in [6, 6.07) is 23.0. The second kappa shape index (κ2) is 7.78. The van der Waals surface area contributed by atoms with Gasteiger partial charge in [0.15, 0.2) is 0 Å². The number of carbonyl (C=O) groups excluding carboxylic acids is 1. The average molecular weight is 409 g/mol. The summed E-state index contributed by atoms with van der Waals surface area (Å²) in [5.74, 6) is -0.544. The molecule has 1 heterocycles. The van der Waals surface area contributed by atoms with Crippen molar-refractivity contribution in [1.29, 1.82) is 0 Å². The molecule has 140 valence electrons. The first-order valence-corrected chi connectivity index (χ1v) is 9.75. The quantitative estimate of drug-likeness (QED) is 0.458. The molecule has 3 nitrogen and oxygen atoms in total. The van der Waals surface area contributed by atoms with Crippen LogP contribution in [-0.2, 0) is 11.3 Å². The fraction of sp³-hybridized carbons (Fsp3) is 0.130. The number of halogens is 2. The second-order valence-corrected chi connectivity index (χ2v) is 7.49. The Morgan fingerprint density at radius 1 is 0.929 bits per heavy atom. The maximum atomic E-state index is 13.4. The van der Waals surface area contributed by atoms with E-state index < -0.39 is 5.92 Å². The largest absolute Gasteiger partial charge is 0.288 e. The van der Waals surface area contributed by atoms with Crippen molar-refractivity contribution in [3.05, 3.63) is 94.0 Å². The number of fused-ring (bicyclic) bond motifs is 1. The summed E-state index contributed by atoms with van der Waals surface area (Å²) in [6.07, 6.45) is 0. The standard InChI is InChI=1S/C23H18Cl2N2O/c1-15(26-14-16-8-3-2-4-9-16)21-17-10-5-6-13-20(17)27(23(21)28)22-18(24)11-7-12-19(22)25/h2-13,21H,14H2,1H3. The van der Waals surface area contributed by atoms with Crippen LogP contribution in [0.1, 0.15) is 24.0 Å². The van der Waals surface area contributed by atoms with E-state index >= 15 is 0 Å². The lowest BCUT2D eigenvalue weighted by Crippen LogP contribution is -2.27. The van der Waals surface area contributed by atoms with Crippen LogP contribution in [0, 0.1) is 0 Å². The van der Waals surface area contributed by atoms with E-state index in [-0.39, 0.29) is 5.91 Å². The van der Waals surface area contributed by atoms with Gasteiger partial charge in [-0.2, -0.15) is 0 Å². The first kappa shape index (κ1) is 18.7. The van der Waals surface area contributed by atoms with Crippen LogP contribution in [-0.4, -0.2) is 11.6 Å². The number of aliphatic imine (C=N–C) groups is 1. The molecule has 0 saturated heterocycles. The third-order valence-corrected chi connectivity index (χ3v) is 5.50. The third-order valence-electron chi connectivity index (χ3n) is 4.89. The Labute approximate surface area is 174 Å². The van der Waals surface area contributed by atoms with Gasteiger partial charge in [-0.05, 0) is 36.2 Å². The molecule has 0 saturated carbocycles. The Hall–Kier alpha value is -2.62. The maximum Gasteiger partial charge on any atom is 0.244 e. The minimum atomic E-state index is -0.452. The molecule has 0 bridgehead atoms. The monoisotopic (exact) mass is 408 g/mol. The number of para-hydroxylation sites is 2. The summed E-state index contributed by atoms with van der Waals surface area (Å²) in [6.45, 7) is 2.44. The zero-order valence-corrected chi connectivity index (χ0v) is 16.8.